The van der Waals surface area contributed by atoms with Crippen molar-refractivity contribution >= 4 is 11.0 Å². The second kappa shape index (κ2) is 3.62. The summed E-state index contributed by atoms with van der Waals surface area (Å²) in [6, 6.07) is 4.39. The summed E-state index contributed by atoms with van der Waals surface area (Å²) in [6.07, 6.45) is 3.01. The van der Waals surface area contributed by atoms with Crippen LogP contribution in [0.5, 0.6) is 0 Å². The summed E-state index contributed by atoms with van der Waals surface area (Å²) in [4.78, 5) is 4.46. The molecule has 2 aromatic heterocycles. The molecule has 86 valence electrons. The van der Waals surface area contributed by atoms with Crippen molar-refractivity contribution in [3.05, 3.63) is 29.6 Å². The first-order valence-electron chi connectivity index (χ1n) is 5.78. The molecule has 0 aromatic carbocycles. The third-order valence-corrected chi connectivity index (χ3v) is 2.98. The Morgan fingerprint density at radius 3 is 2.62 bits per heavy atom. The van der Waals surface area contributed by atoms with Crippen LogP contribution in [-0.4, -0.2) is 9.55 Å². The standard InChI is InChI=1S/C14H20N2/c1-10-8-12-11(9-14(2,3)4)6-7-15-13(12)16(10)5/h6-8H,9H2,1-5H3. The fourth-order valence-electron chi connectivity index (χ4n) is 2.12. The highest BCUT2D eigenvalue weighted by Crippen LogP contribution is 2.27. The highest BCUT2D eigenvalue weighted by atomic mass is 15.0. The predicted molar refractivity (Wildman–Crippen MR) is 68.6 cm³/mol. The van der Waals surface area contributed by atoms with E-state index in [0.29, 0.717) is 5.41 Å². The van der Waals surface area contributed by atoms with E-state index >= 15 is 0 Å². The molecule has 2 nitrogen and oxygen atoms in total. The molecule has 0 N–H and O–H groups in total. The van der Waals surface area contributed by atoms with Gasteiger partial charge in [0.1, 0.15) is 5.65 Å². The molecular formula is C14H20N2. The molecular weight excluding hydrogens is 196 g/mol. The number of aryl methyl sites for hydroxylation is 2. The van der Waals surface area contributed by atoms with Gasteiger partial charge >= 0.3 is 0 Å². The van der Waals surface area contributed by atoms with Gasteiger partial charge in [0, 0.05) is 24.3 Å². The van der Waals surface area contributed by atoms with E-state index in [2.05, 4.69) is 56.4 Å². The van der Waals surface area contributed by atoms with Gasteiger partial charge in [0.15, 0.2) is 0 Å². The number of fused-ring (bicyclic) bond motifs is 1. The lowest BCUT2D eigenvalue weighted by molar-refractivity contribution is 0.412. The molecule has 0 saturated heterocycles. The number of pyridine rings is 1. The lowest BCUT2D eigenvalue weighted by atomic mass is 9.87. The minimum Gasteiger partial charge on any atom is -0.333 e. The Labute approximate surface area is 97.3 Å². The Morgan fingerprint density at radius 2 is 2.00 bits per heavy atom. The quantitative estimate of drug-likeness (QED) is 0.713. The lowest BCUT2D eigenvalue weighted by Gasteiger charge is -2.18. The molecule has 0 spiro atoms. The third-order valence-electron chi connectivity index (χ3n) is 2.98. The van der Waals surface area contributed by atoms with Crippen molar-refractivity contribution in [1.29, 1.82) is 0 Å². The van der Waals surface area contributed by atoms with E-state index in [0.717, 1.165) is 12.1 Å². The van der Waals surface area contributed by atoms with Crippen LogP contribution < -0.4 is 0 Å². The van der Waals surface area contributed by atoms with Crippen molar-refractivity contribution in [2.75, 3.05) is 0 Å². The second-order valence-electron chi connectivity index (χ2n) is 5.79. The predicted octanol–water partition coefficient (Wildman–Crippen LogP) is 3.47. The number of nitrogens with zero attached hydrogens (tertiary/aromatic N) is 2. The third kappa shape index (κ3) is 1.97. The number of aromatic nitrogens is 2. The maximum Gasteiger partial charge on any atom is 0.140 e. The molecule has 0 amide bonds. The summed E-state index contributed by atoms with van der Waals surface area (Å²) < 4.78 is 2.15. The number of hydrogen-bond donors (Lipinski definition) is 0. The highest BCUT2D eigenvalue weighted by molar-refractivity contribution is 5.81. The zero-order valence-electron chi connectivity index (χ0n) is 10.8. The molecule has 0 aliphatic rings. The van der Waals surface area contributed by atoms with Gasteiger partial charge in [-0.05, 0) is 36.5 Å². The van der Waals surface area contributed by atoms with Gasteiger partial charge in [-0.15, -0.1) is 0 Å². The van der Waals surface area contributed by atoms with E-state index in [-0.39, 0.29) is 0 Å². The van der Waals surface area contributed by atoms with Crippen molar-refractivity contribution < 1.29 is 0 Å². The number of hydrogen-bond acceptors (Lipinski definition) is 1. The maximum atomic E-state index is 4.46. The summed E-state index contributed by atoms with van der Waals surface area (Å²) in [5.41, 5.74) is 4.09. The molecule has 0 atom stereocenters. The van der Waals surface area contributed by atoms with E-state index in [9.17, 15) is 0 Å². The second-order valence-corrected chi connectivity index (χ2v) is 5.79. The maximum absolute atomic E-state index is 4.46. The molecule has 0 bridgehead atoms. The molecule has 0 saturated carbocycles. The molecule has 0 radical (unpaired) electrons. The van der Waals surface area contributed by atoms with Crippen LogP contribution in [-0.2, 0) is 13.5 Å². The van der Waals surface area contributed by atoms with Crippen LogP contribution in [0.1, 0.15) is 32.0 Å². The molecule has 2 aromatic rings. The highest BCUT2D eigenvalue weighted by Gasteiger charge is 2.15. The molecule has 2 heterocycles. The van der Waals surface area contributed by atoms with Crippen molar-refractivity contribution in [3.8, 4) is 0 Å². The molecule has 0 aliphatic carbocycles. The Balaban J connectivity index is 2.58. The van der Waals surface area contributed by atoms with Crippen LogP contribution in [0.25, 0.3) is 11.0 Å². The average molecular weight is 216 g/mol. The summed E-state index contributed by atoms with van der Waals surface area (Å²) >= 11 is 0. The minimum atomic E-state index is 0.317. The van der Waals surface area contributed by atoms with Crippen LogP contribution in [0.15, 0.2) is 18.3 Å². The zero-order chi connectivity index (χ0) is 11.9. The SMILES string of the molecule is Cc1cc2c(CC(C)(C)C)ccnc2n1C. The van der Waals surface area contributed by atoms with E-state index < -0.39 is 0 Å². The van der Waals surface area contributed by atoms with Crippen LogP contribution in [0.2, 0.25) is 0 Å². The first-order valence-corrected chi connectivity index (χ1v) is 5.78. The van der Waals surface area contributed by atoms with Gasteiger partial charge in [0.25, 0.3) is 0 Å². The first-order chi connectivity index (χ1) is 7.38. The summed E-state index contributed by atoms with van der Waals surface area (Å²) in [5.74, 6) is 0. The van der Waals surface area contributed by atoms with E-state index in [4.69, 9.17) is 0 Å². The Bertz CT molecular complexity index is 515. The van der Waals surface area contributed by atoms with Crippen LogP contribution in [0.4, 0.5) is 0 Å². The Morgan fingerprint density at radius 1 is 1.31 bits per heavy atom. The topological polar surface area (TPSA) is 17.8 Å². The fourth-order valence-corrected chi connectivity index (χ4v) is 2.12. The van der Waals surface area contributed by atoms with Crippen molar-refractivity contribution in [2.45, 2.75) is 34.1 Å². The molecule has 2 heteroatoms. The molecule has 0 unspecified atom stereocenters. The van der Waals surface area contributed by atoms with Gasteiger partial charge < -0.3 is 4.57 Å². The van der Waals surface area contributed by atoms with Gasteiger partial charge in [-0.3, -0.25) is 0 Å². The normalized spacial score (nSPS) is 12.3. The monoisotopic (exact) mass is 216 g/mol. The summed E-state index contributed by atoms with van der Waals surface area (Å²) in [7, 11) is 2.07. The smallest absolute Gasteiger partial charge is 0.140 e. The van der Waals surface area contributed by atoms with Gasteiger partial charge in [0.05, 0.1) is 0 Å². The molecule has 0 aliphatic heterocycles. The van der Waals surface area contributed by atoms with Gasteiger partial charge in [-0.2, -0.15) is 0 Å². The lowest BCUT2D eigenvalue weighted by Crippen LogP contribution is -2.09. The Hall–Kier alpha value is -1.31. The fraction of sp³-hybridized carbons (Fsp3) is 0.500. The summed E-state index contributed by atoms with van der Waals surface area (Å²) in [6.45, 7) is 8.95. The summed E-state index contributed by atoms with van der Waals surface area (Å²) in [5, 5.41) is 1.30. The molecule has 0 fully saturated rings. The molecule has 2 rings (SSSR count). The van der Waals surface area contributed by atoms with Crippen LogP contribution in [0.3, 0.4) is 0 Å². The largest absolute Gasteiger partial charge is 0.333 e. The van der Waals surface area contributed by atoms with E-state index in [1.807, 2.05) is 6.20 Å². The average Bonchev–Trinajstić information content (AvgIpc) is 2.43. The first kappa shape index (κ1) is 11.2. The van der Waals surface area contributed by atoms with Crippen molar-refractivity contribution in [1.82, 2.24) is 9.55 Å². The van der Waals surface area contributed by atoms with Gasteiger partial charge in [-0.25, -0.2) is 4.98 Å². The van der Waals surface area contributed by atoms with Crippen molar-refractivity contribution in [3.63, 3.8) is 0 Å². The van der Waals surface area contributed by atoms with Crippen LogP contribution >= 0.6 is 0 Å². The minimum absolute atomic E-state index is 0.317. The van der Waals surface area contributed by atoms with E-state index in [1.54, 1.807) is 0 Å². The number of rotatable bonds is 1. The van der Waals surface area contributed by atoms with Crippen LogP contribution in [0, 0.1) is 12.3 Å². The van der Waals surface area contributed by atoms with Gasteiger partial charge in [0.2, 0.25) is 0 Å². The van der Waals surface area contributed by atoms with Gasteiger partial charge in [-0.1, -0.05) is 20.8 Å². The molecule has 16 heavy (non-hydrogen) atoms. The Kier molecular flexibility index (Phi) is 2.53. The van der Waals surface area contributed by atoms with Crippen molar-refractivity contribution in [2.24, 2.45) is 12.5 Å². The zero-order valence-corrected chi connectivity index (χ0v) is 10.8. The van der Waals surface area contributed by atoms with E-state index in [1.165, 1.54) is 16.6 Å².